The van der Waals surface area contributed by atoms with E-state index in [4.69, 9.17) is 4.74 Å². The summed E-state index contributed by atoms with van der Waals surface area (Å²) >= 11 is 4.37. The molecule has 0 aromatic carbocycles. The molecule has 0 bridgehead atoms. The van der Waals surface area contributed by atoms with Gasteiger partial charge >= 0.3 is 0 Å². The van der Waals surface area contributed by atoms with E-state index in [0.717, 1.165) is 17.1 Å². The summed E-state index contributed by atoms with van der Waals surface area (Å²) in [5, 5.41) is 5.20. The van der Waals surface area contributed by atoms with Gasteiger partial charge in [0.2, 0.25) is 0 Å². The van der Waals surface area contributed by atoms with Crippen LogP contribution in [0.15, 0.2) is 0 Å². The van der Waals surface area contributed by atoms with Gasteiger partial charge in [0.25, 0.3) is 0 Å². The van der Waals surface area contributed by atoms with Gasteiger partial charge in [0.15, 0.2) is 0 Å². The van der Waals surface area contributed by atoms with Crippen LogP contribution in [-0.4, -0.2) is 47.8 Å². The Morgan fingerprint density at radius 1 is 1.33 bits per heavy atom. The lowest BCUT2D eigenvalue weighted by atomic mass is 10.0. The summed E-state index contributed by atoms with van der Waals surface area (Å²) in [5.74, 6) is 2.66. The summed E-state index contributed by atoms with van der Waals surface area (Å²) in [5.41, 5.74) is 0. The van der Waals surface area contributed by atoms with Crippen LogP contribution < -0.4 is 5.32 Å². The molecule has 0 saturated carbocycles. The third-order valence-electron chi connectivity index (χ3n) is 4.09. The second kappa shape index (κ2) is 8.03. The molecule has 106 valence electrons. The van der Waals surface area contributed by atoms with Gasteiger partial charge in [-0.1, -0.05) is 6.92 Å². The van der Waals surface area contributed by atoms with Crippen molar-refractivity contribution < 1.29 is 4.74 Å². The zero-order valence-corrected chi connectivity index (χ0v) is 13.3. The van der Waals surface area contributed by atoms with Gasteiger partial charge in [0, 0.05) is 34.7 Å². The molecule has 2 fully saturated rings. The fraction of sp³-hybridized carbons (Fsp3) is 1.00. The maximum Gasteiger partial charge on any atom is 0.0576 e. The molecule has 2 aliphatic rings. The largest absolute Gasteiger partial charge is 0.378 e. The highest BCUT2D eigenvalue weighted by atomic mass is 32.2. The molecule has 2 saturated heterocycles. The van der Waals surface area contributed by atoms with Gasteiger partial charge in [0.1, 0.15) is 0 Å². The summed E-state index contributed by atoms with van der Waals surface area (Å²) in [6, 6.07) is 0.664. The molecule has 0 aliphatic carbocycles. The van der Waals surface area contributed by atoms with Crippen molar-refractivity contribution in [1.29, 1.82) is 0 Å². The predicted octanol–water partition coefficient (Wildman–Crippen LogP) is 3.16. The first-order chi connectivity index (χ1) is 8.85. The highest BCUT2D eigenvalue weighted by Crippen LogP contribution is 2.36. The quantitative estimate of drug-likeness (QED) is 0.810. The summed E-state index contributed by atoms with van der Waals surface area (Å²) in [6.07, 6.45) is 6.91. The monoisotopic (exact) mass is 289 g/mol. The Hall–Kier alpha value is 0.620. The zero-order valence-electron chi connectivity index (χ0n) is 11.7. The van der Waals surface area contributed by atoms with E-state index in [2.05, 4.69) is 42.8 Å². The van der Waals surface area contributed by atoms with Gasteiger partial charge in [0.05, 0.1) is 6.10 Å². The Balaban J connectivity index is 1.81. The van der Waals surface area contributed by atoms with Crippen LogP contribution in [0.1, 0.15) is 39.0 Å². The molecule has 0 spiro atoms. The first-order valence-corrected chi connectivity index (χ1v) is 9.47. The van der Waals surface area contributed by atoms with Crippen LogP contribution in [-0.2, 0) is 4.74 Å². The first kappa shape index (κ1) is 15.0. The van der Waals surface area contributed by atoms with Crippen molar-refractivity contribution in [2.24, 2.45) is 0 Å². The van der Waals surface area contributed by atoms with E-state index in [0.29, 0.717) is 12.1 Å². The Morgan fingerprint density at radius 2 is 2.17 bits per heavy atom. The fourth-order valence-corrected chi connectivity index (χ4v) is 6.36. The van der Waals surface area contributed by atoms with Gasteiger partial charge in [-0.2, -0.15) is 23.5 Å². The number of ether oxygens (including phenoxy) is 1. The van der Waals surface area contributed by atoms with E-state index in [9.17, 15) is 0 Å². The molecular weight excluding hydrogens is 262 g/mol. The number of thioether (sulfide) groups is 2. The molecule has 0 aromatic heterocycles. The second-order valence-electron chi connectivity index (χ2n) is 5.26. The summed E-state index contributed by atoms with van der Waals surface area (Å²) in [7, 11) is 2.13. The minimum absolute atomic E-state index is 0.544. The molecular formula is C14H27NOS2. The zero-order chi connectivity index (χ0) is 12.8. The Morgan fingerprint density at radius 3 is 2.83 bits per heavy atom. The van der Waals surface area contributed by atoms with Gasteiger partial charge in [-0.25, -0.2) is 0 Å². The van der Waals surface area contributed by atoms with Crippen molar-refractivity contribution in [3.63, 3.8) is 0 Å². The van der Waals surface area contributed by atoms with Crippen LogP contribution in [0.5, 0.6) is 0 Å². The molecule has 1 N–H and O–H groups in total. The lowest BCUT2D eigenvalue weighted by Gasteiger charge is -2.36. The van der Waals surface area contributed by atoms with Crippen LogP contribution in [0.4, 0.5) is 0 Å². The molecule has 4 atom stereocenters. The molecule has 2 heterocycles. The summed E-state index contributed by atoms with van der Waals surface area (Å²) < 4.78 is 5.75. The maximum absolute atomic E-state index is 5.75. The average molecular weight is 290 g/mol. The summed E-state index contributed by atoms with van der Waals surface area (Å²) in [6.45, 7) is 3.32. The van der Waals surface area contributed by atoms with Crippen LogP contribution in [0, 0.1) is 0 Å². The summed E-state index contributed by atoms with van der Waals surface area (Å²) in [4.78, 5) is 0. The van der Waals surface area contributed by atoms with Gasteiger partial charge in [-0.15, -0.1) is 0 Å². The maximum atomic E-state index is 5.75. The topological polar surface area (TPSA) is 21.3 Å². The van der Waals surface area contributed by atoms with Crippen molar-refractivity contribution in [1.82, 2.24) is 5.32 Å². The lowest BCUT2D eigenvalue weighted by Crippen LogP contribution is -2.44. The van der Waals surface area contributed by atoms with Crippen molar-refractivity contribution in [2.45, 2.75) is 61.7 Å². The smallest absolute Gasteiger partial charge is 0.0576 e. The van der Waals surface area contributed by atoms with Gasteiger partial charge in [-0.3, -0.25) is 0 Å². The van der Waals surface area contributed by atoms with Crippen LogP contribution in [0.25, 0.3) is 0 Å². The van der Waals surface area contributed by atoms with E-state index < -0.39 is 0 Å². The van der Waals surface area contributed by atoms with E-state index >= 15 is 0 Å². The lowest BCUT2D eigenvalue weighted by molar-refractivity contribution is 0.0997. The Kier molecular flexibility index (Phi) is 6.70. The second-order valence-corrected chi connectivity index (χ2v) is 7.89. The van der Waals surface area contributed by atoms with Crippen LogP contribution in [0.3, 0.4) is 0 Å². The molecule has 0 amide bonds. The predicted molar refractivity (Wildman–Crippen MR) is 83.8 cm³/mol. The van der Waals surface area contributed by atoms with Crippen molar-refractivity contribution in [3.8, 4) is 0 Å². The van der Waals surface area contributed by atoms with E-state index in [1.165, 1.54) is 43.6 Å². The number of nitrogens with one attached hydrogen (secondary N) is 1. The third-order valence-corrected chi connectivity index (χ3v) is 7.49. The molecule has 0 aromatic rings. The van der Waals surface area contributed by atoms with Crippen LogP contribution >= 0.6 is 23.5 Å². The van der Waals surface area contributed by atoms with Crippen LogP contribution in [0.2, 0.25) is 0 Å². The number of rotatable bonds is 6. The Bertz CT molecular complexity index is 234. The number of hydrogen-bond acceptors (Lipinski definition) is 4. The van der Waals surface area contributed by atoms with Crippen molar-refractivity contribution in [2.75, 3.05) is 25.2 Å². The molecule has 2 aliphatic heterocycles. The third kappa shape index (κ3) is 4.06. The minimum Gasteiger partial charge on any atom is -0.378 e. The Labute approximate surface area is 120 Å². The first-order valence-electron chi connectivity index (χ1n) is 7.37. The fourth-order valence-electron chi connectivity index (χ4n) is 3.02. The highest BCUT2D eigenvalue weighted by molar-refractivity contribution is 8.07. The van der Waals surface area contributed by atoms with Crippen molar-refractivity contribution in [3.05, 3.63) is 0 Å². The minimum atomic E-state index is 0.544. The van der Waals surface area contributed by atoms with E-state index in [-0.39, 0.29) is 0 Å². The van der Waals surface area contributed by atoms with Gasteiger partial charge < -0.3 is 10.1 Å². The van der Waals surface area contributed by atoms with Crippen molar-refractivity contribution >= 4 is 23.5 Å². The average Bonchev–Trinajstić information content (AvgIpc) is 2.93. The molecule has 2 rings (SSSR count). The molecule has 18 heavy (non-hydrogen) atoms. The molecule has 0 radical (unpaired) electrons. The standard InChI is InChI=1S/C14H27NOS2/c1-3-13-14(18-10-9-17-13)12(15-2)7-6-11-5-4-8-16-11/h11-15H,3-10H2,1-2H3. The number of hydrogen-bond donors (Lipinski definition) is 1. The van der Waals surface area contributed by atoms with E-state index in [1.807, 2.05) is 0 Å². The normalized spacial score (nSPS) is 34.7. The SMILES string of the molecule is CCC1SCCSC1C(CCC1CCCO1)NC. The molecule has 2 nitrogen and oxygen atoms in total. The van der Waals surface area contributed by atoms with Gasteiger partial charge in [-0.05, 0) is 39.2 Å². The molecule has 4 unspecified atom stereocenters. The highest BCUT2D eigenvalue weighted by Gasteiger charge is 2.31. The molecule has 4 heteroatoms. The van der Waals surface area contributed by atoms with E-state index in [1.54, 1.807) is 0 Å².